The molecule has 0 heterocycles. The quantitative estimate of drug-likeness (QED) is 0.326. The van der Waals surface area contributed by atoms with Crippen molar-refractivity contribution in [2.75, 3.05) is 5.75 Å². The second-order valence-electron chi connectivity index (χ2n) is 1.69. The number of carboxylic acid groups (broad SMARTS) is 1. The monoisotopic (exact) mass is 235 g/mol. The number of hydrogen-bond donors (Lipinski definition) is 3. The molecule has 72 valence electrons. The van der Waals surface area contributed by atoms with Gasteiger partial charge in [0.15, 0.2) is 0 Å². The maximum atomic E-state index is 9.96. The molecule has 7 nitrogen and oxygen atoms in total. The summed E-state index contributed by atoms with van der Waals surface area (Å²) < 4.78 is 28.0. The Kier molecular flexibility index (Phi) is 18.0. The minimum atomic E-state index is -4.27. The van der Waals surface area contributed by atoms with E-state index >= 15 is 0 Å². The number of carbonyl (C=O) groups is 1. The molecule has 0 rings (SSSR count). The zero-order valence-electron chi connectivity index (χ0n) is 9.39. The Hall–Kier alpha value is 1.30. The fraction of sp³-hybridized carbons (Fsp3) is 0.667. The van der Waals surface area contributed by atoms with Gasteiger partial charge in [-0.3, -0.25) is 9.35 Å². The molecule has 0 aliphatic heterocycles. The molecule has 0 aromatic carbocycles. The molecular weight excluding hydrogens is 224 g/mol. The number of nitrogens with two attached hydrogens (primary N) is 1. The van der Waals surface area contributed by atoms with Crippen molar-refractivity contribution in [2.45, 2.75) is 6.04 Å². The van der Waals surface area contributed by atoms with E-state index in [1.807, 2.05) is 0 Å². The number of rotatable bonds is 3. The summed E-state index contributed by atoms with van der Waals surface area (Å²) in [5, 5.41) is 8.04. The average molecular weight is 235 g/mol. The van der Waals surface area contributed by atoms with Crippen molar-refractivity contribution in [1.82, 2.24) is 0 Å². The minimum Gasteiger partial charge on any atom is -1.00 e. The van der Waals surface area contributed by atoms with Gasteiger partial charge in [0.1, 0.15) is 11.8 Å². The molecule has 0 amide bonds. The fourth-order valence-corrected chi connectivity index (χ4v) is 0.895. The van der Waals surface area contributed by atoms with E-state index in [0.717, 1.165) is 0 Å². The Morgan fingerprint density at radius 2 is 1.77 bits per heavy atom. The maximum Gasteiger partial charge on any atom is 1.00 e. The zero-order chi connectivity index (χ0) is 8.36. The summed E-state index contributed by atoms with van der Waals surface area (Å²) in [6, 6.07) is -1.56. The van der Waals surface area contributed by atoms with Crippen LogP contribution in [0.15, 0.2) is 0 Å². The second-order valence-corrected chi connectivity index (χ2v) is 3.19. The van der Waals surface area contributed by atoms with Gasteiger partial charge in [-0.1, -0.05) is 0 Å². The van der Waals surface area contributed by atoms with E-state index in [9.17, 15) is 13.2 Å². The molecule has 6 N–H and O–H groups in total. The van der Waals surface area contributed by atoms with Gasteiger partial charge in [0.25, 0.3) is 10.1 Å². The zero-order valence-corrected chi connectivity index (χ0v) is 12.2. The molecular formula is C3H11NNa2O6S. The van der Waals surface area contributed by atoms with Crippen LogP contribution in [0.1, 0.15) is 2.85 Å². The van der Waals surface area contributed by atoms with Gasteiger partial charge in [-0.15, -0.1) is 0 Å². The van der Waals surface area contributed by atoms with Crippen LogP contribution in [0.4, 0.5) is 0 Å². The number of aliphatic carboxylic acids is 1. The first-order valence-electron chi connectivity index (χ1n) is 2.26. The molecule has 0 fully saturated rings. The van der Waals surface area contributed by atoms with Crippen molar-refractivity contribution < 1.29 is 90.3 Å². The molecule has 0 aromatic rings. The van der Waals surface area contributed by atoms with Crippen molar-refractivity contribution in [3.05, 3.63) is 0 Å². The second kappa shape index (κ2) is 9.84. The predicted octanol–water partition coefficient (Wildman–Crippen LogP) is -8.31. The Balaban J connectivity index is -0.0000000405. The summed E-state index contributed by atoms with van der Waals surface area (Å²) in [6.45, 7) is 0. The van der Waals surface area contributed by atoms with Crippen LogP contribution < -0.4 is 64.8 Å². The minimum absolute atomic E-state index is 0. The van der Waals surface area contributed by atoms with Gasteiger partial charge >= 0.3 is 65.1 Å². The third-order valence-electron chi connectivity index (χ3n) is 0.707. The molecule has 1 atom stereocenters. The summed E-state index contributed by atoms with van der Waals surface area (Å²) in [5.41, 5.74) is 4.76. The molecule has 0 bridgehead atoms. The largest absolute Gasteiger partial charge is 1.00 e. The Labute approximate surface area is 123 Å². The third-order valence-corrected chi connectivity index (χ3v) is 1.49. The normalized spacial score (nSPS) is 11.2. The predicted molar refractivity (Wildman–Crippen MR) is 37.9 cm³/mol. The van der Waals surface area contributed by atoms with Gasteiger partial charge in [0, 0.05) is 0 Å². The first kappa shape index (κ1) is 23.8. The Bertz CT molecular complexity index is 237. The van der Waals surface area contributed by atoms with Crippen molar-refractivity contribution in [1.29, 1.82) is 0 Å². The number of hydrogen-bond acceptors (Lipinski definition) is 4. The molecule has 10 heteroatoms. The van der Waals surface area contributed by atoms with E-state index in [4.69, 9.17) is 15.4 Å². The van der Waals surface area contributed by atoms with Gasteiger partial charge in [0.05, 0.1) is 0 Å². The third kappa shape index (κ3) is 16.0. The topological polar surface area (TPSA) is 149 Å². The first-order chi connectivity index (χ1) is 4.33. The van der Waals surface area contributed by atoms with Crippen molar-refractivity contribution in [3.8, 4) is 0 Å². The van der Waals surface area contributed by atoms with E-state index < -0.39 is 27.9 Å². The van der Waals surface area contributed by atoms with Gasteiger partial charge in [-0.05, 0) is 0 Å². The van der Waals surface area contributed by atoms with Crippen LogP contribution in [0.3, 0.4) is 0 Å². The summed E-state index contributed by atoms with van der Waals surface area (Å²) in [5.74, 6) is -2.42. The Morgan fingerprint density at radius 3 is 1.85 bits per heavy atom. The van der Waals surface area contributed by atoms with E-state index in [1.54, 1.807) is 0 Å². The van der Waals surface area contributed by atoms with Crippen LogP contribution in [-0.2, 0) is 14.9 Å². The molecule has 0 radical (unpaired) electrons. The Morgan fingerprint density at radius 1 is 1.46 bits per heavy atom. The van der Waals surface area contributed by atoms with Crippen LogP contribution >= 0.6 is 0 Å². The summed E-state index contributed by atoms with van der Waals surface area (Å²) in [4.78, 5) is 9.88. The van der Waals surface area contributed by atoms with Gasteiger partial charge in [0.2, 0.25) is 0 Å². The van der Waals surface area contributed by atoms with E-state index in [1.165, 1.54) is 0 Å². The van der Waals surface area contributed by atoms with Crippen LogP contribution in [0.25, 0.3) is 0 Å². The van der Waals surface area contributed by atoms with E-state index in [2.05, 4.69) is 0 Å². The standard InChI is InChI=1S/C3H7NO5S.2Na.H2O.2H/c4-2(3(5)6)1-10(7,8)9;;;;;/h2H,1,4H2,(H,5,6)(H,7,8,9);;;1H2;;/q;2*+1;;2*-1. The van der Waals surface area contributed by atoms with Gasteiger partial charge in [-0.25, -0.2) is 0 Å². The van der Waals surface area contributed by atoms with Crippen LogP contribution in [0, 0.1) is 0 Å². The van der Waals surface area contributed by atoms with Crippen LogP contribution in [0.2, 0.25) is 0 Å². The summed E-state index contributed by atoms with van der Waals surface area (Å²) >= 11 is 0. The smallest absolute Gasteiger partial charge is 1.00 e. The van der Waals surface area contributed by atoms with Crippen molar-refractivity contribution in [2.24, 2.45) is 5.73 Å². The van der Waals surface area contributed by atoms with Crippen molar-refractivity contribution in [3.63, 3.8) is 0 Å². The molecule has 0 spiro atoms. The van der Waals surface area contributed by atoms with Crippen LogP contribution in [0.5, 0.6) is 0 Å². The molecule has 0 saturated carbocycles. The molecule has 0 aliphatic carbocycles. The van der Waals surface area contributed by atoms with E-state index in [-0.39, 0.29) is 67.4 Å². The maximum absolute atomic E-state index is 9.96. The van der Waals surface area contributed by atoms with Crippen molar-refractivity contribution >= 4 is 16.1 Å². The van der Waals surface area contributed by atoms with Crippen LogP contribution in [-0.4, -0.2) is 41.3 Å². The molecule has 0 aromatic heterocycles. The van der Waals surface area contributed by atoms with Gasteiger partial charge in [-0.2, -0.15) is 8.42 Å². The molecule has 1 unspecified atom stereocenters. The molecule has 0 aliphatic rings. The van der Waals surface area contributed by atoms with E-state index in [0.29, 0.717) is 0 Å². The summed E-state index contributed by atoms with van der Waals surface area (Å²) in [7, 11) is -4.27. The number of carboxylic acids is 1. The van der Waals surface area contributed by atoms with Gasteiger partial charge < -0.3 is 19.2 Å². The average Bonchev–Trinajstić information content (AvgIpc) is 1.60. The summed E-state index contributed by atoms with van der Waals surface area (Å²) in [6.07, 6.45) is 0. The molecule has 13 heavy (non-hydrogen) atoms. The first-order valence-corrected chi connectivity index (χ1v) is 3.87. The fourth-order valence-electron chi connectivity index (χ4n) is 0.298. The molecule has 0 saturated heterocycles. The SMILES string of the molecule is NC(CS(=O)(=O)O)C(=O)O.O.[H-].[H-].[Na+].[Na+].